The molecule has 1 atom stereocenters. The quantitative estimate of drug-likeness (QED) is 0.605. The first-order chi connectivity index (χ1) is 10.6. The Morgan fingerprint density at radius 3 is 2.77 bits per heavy atom. The summed E-state index contributed by atoms with van der Waals surface area (Å²) in [4.78, 5) is 16.5. The number of benzene rings is 1. The SMILES string of the molecule is CCC(/C=N\NC(=O)[C@H](C)Nc1nc2ccccc2s1)CC. The van der Waals surface area contributed by atoms with Crippen molar-refractivity contribution in [3.05, 3.63) is 24.3 Å². The summed E-state index contributed by atoms with van der Waals surface area (Å²) in [5.41, 5.74) is 3.52. The topological polar surface area (TPSA) is 66.4 Å². The summed E-state index contributed by atoms with van der Waals surface area (Å²) in [6, 6.07) is 7.52. The normalized spacial score (nSPS) is 12.9. The highest BCUT2D eigenvalue weighted by Crippen LogP contribution is 2.25. The maximum atomic E-state index is 12.0. The van der Waals surface area contributed by atoms with Gasteiger partial charge in [-0.15, -0.1) is 0 Å². The van der Waals surface area contributed by atoms with Crippen molar-refractivity contribution in [1.29, 1.82) is 0 Å². The van der Waals surface area contributed by atoms with Crippen molar-refractivity contribution in [3.63, 3.8) is 0 Å². The molecule has 0 saturated carbocycles. The van der Waals surface area contributed by atoms with Gasteiger partial charge in [0.15, 0.2) is 5.13 Å². The number of nitrogens with zero attached hydrogens (tertiary/aromatic N) is 2. The average molecular weight is 318 g/mol. The maximum Gasteiger partial charge on any atom is 0.262 e. The van der Waals surface area contributed by atoms with Crippen molar-refractivity contribution < 1.29 is 4.79 Å². The third-order valence-electron chi connectivity index (χ3n) is 3.54. The van der Waals surface area contributed by atoms with E-state index < -0.39 is 0 Å². The van der Waals surface area contributed by atoms with Crippen molar-refractivity contribution in [2.75, 3.05) is 5.32 Å². The van der Waals surface area contributed by atoms with E-state index in [1.54, 1.807) is 6.92 Å². The van der Waals surface area contributed by atoms with Gasteiger partial charge in [-0.3, -0.25) is 4.79 Å². The molecule has 2 aromatic rings. The van der Waals surface area contributed by atoms with Crippen LogP contribution in [0.4, 0.5) is 5.13 Å². The van der Waals surface area contributed by atoms with Crippen LogP contribution in [-0.2, 0) is 4.79 Å². The van der Waals surface area contributed by atoms with Gasteiger partial charge in [-0.1, -0.05) is 37.3 Å². The summed E-state index contributed by atoms with van der Waals surface area (Å²) in [6.45, 7) is 6.02. The van der Waals surface area contributed by atoms with Gasteiger partial charge in [-0.2, -0.15) is 5.10 Å². The average Bonchev–Trinajstić information content (AvgIpc) is 2.93. The molecule has 0 spiro atoms. The van der Waals surface area contributed by atoms with E-state index in [0.29, 0.717) is 5.92 Å². The number of aromatic nitrogens is 1. The van der Waals surface area contributed by atoms with Crippen LogP contribution < -0.4 is 10.7 Å². The molecule has 6 heteroatoms. The van der Waals surface area contributed by atoms with Crippen molar-refractivity contribution in [3.8, 4) is 0 Å². The molecule has 1 aromatic carbocycles. The number of para-hydroxylation sites is 1. The first-order valence-corrected chi connectivity index (χ1v) is 8.40. The Hall–Kier alpha value is -1.95. The summed E-state index contributed by atoms with van der Waals surface area (Å²) < 4.78 is 1.10. The van der Waals surface area contributed by atoms with Gasteiger partial charge in [-0.05, 0) is 37.8 Å². The molecule has 0 unspecified atom stereocenters. The minimum atomic E-state index is -0.389. The van der Waals surface area contributed by atoms with E-state index >= 15 is 0 Å². The lowest BCUT2D eigenvalue weighted by atomic mass is 10.1. The van der Waals surface area contributed by atoms with E-state index in [1.165, 1.54) is 11.3 Å². The largest absolute Gasteiger partial charge is 0.350 e. The van der Waals surface area contributed by atoms with Crippen molar-refractivity contribution in [2.24, 2.45) is 11.0 Å². The van der Waals surface area contributed by atoms with Gasteiger partial charge in [0.25, 0.3) is 5.91 Å². The summed E-state index contributed by atoms with van der Waals surface area (Å²) in [7, 11) is 0. The number of hydrogen-bond donors (Lipinski definition) is 2. The molecule has 22 heavy (non-hydrogen) atoms. The van der Waals surface area contributed by atoms with Crippen LogP contribution >= 0.6 is 11.3 Å². The number of hydrazone groups is 1. The number of amides is 1. The maximum absolute atomic E-state index is 12.0. The lowest BCUT2D eigenvalue weighted by Crippen LogP contribution is -2.35. The highest BCUT2D eigenvalue weighted by molar-refractivity contribution is 7.22. The molecule has 0 aliphatic heterocycles. The van der Waals surface area contributed by atoms with Crippen molar-refractivity contribution in [1.82, 2.24) is 10.4 Å². The van der Waals surface area contributed by atoms with Gasteiger partial charge in [0.2, 0.25) is 0 Å². The number of carbonyl (C=O) groups is 1. The number of hydrogen-bond acceptors (Lipinski definition) is 5. The molecule has 2 rings (SSSR count). The summed E-state index contributed by atoms with van der Waals surface area (Å²) in [6.07, 6.45) is 3.85. The first kappa shape index (κ1) is 16.4. The molecule has 5 nitrogen and oxygen atoms in total. The zero-order valence-corrected chi connectivity index (χ0v) is 14.0. The molecule has 0 bridgehead atoms. The number of anilines is 1. The van der Waals surface area contributed by atoms with Gasteiger partial charge in [0.1, 0.15) is 6.04 Å². The third kappa shape index (κ3) is 4.27. The fourth-order valence-electron chi connectivity index (χ4n) is 1.99. The van der Waals surface area contributed by atoms with E-state index in [9.17, 15) is 4.79 Å². The summed E-state index contributed by atoms with van der Waals surface area (Å²) in [5.74, 6) is 0.245. The molecule has 0 saturated heterocycles. The monoisotopic (exact) mass is 318 g/mol. The second kappa shape index (κ2) is 7.89. The van der Waals surface area contributed by atoms with Crippen molar-refractivity contribution in [2.45, 2.75) is 39.7 Å². The molecule has 0 radical (unpaired) electrons. The van der Waals surface area contributed by atoms with Crippen LogP contribution in [0.15, 0.2) is 29.4 Å². The predicted octanol–water partition coefficient (Wildman–Crippen LogP) is 3.63. The van der Waals surface area contributed by atoms with Crippen LogP contribution in [0.25, 0.3) is 10.2 Å². The molecular formula is C16H22N4OS. The van der Waals surface area contributed by atoms with Crippen LogP contribution in [0.1, 0.15) is 33.6 Å². The van der Waals surface area contributed by atoms with Crippen molar-refractivity contribution >= 4 is 38.8 Å². The van der Waals surface area contributed by atoms with E-state index in [4.69, 9.17) is 0 Å². The van der Waals surface area contributed by atoms with Crippen LogP contribution in [0, 0.1) is 5.92 Å². The smallest absolute Gasteiger partial charge is 0.262 e. The van der Waals surface area contributed by atoms with Gasteiger partial charge in [0.05, 0.1) is 10.2 Å². The summed E-state index contributed by atoms with van der Waals surface area (Å²) in [5, 5.41) is 7.90. The Morgan fingerprint density at radius 2 is 2.09 bits per heavy atom. The minimum absolute atomic E-state index is 0.165. The Morgan fingerprint density at radius 1 is 1.36 bits per heavy atom. The standard InChI is InChI=1S/C16H22N4OS/c1-4-12(5-2)10-17-20-15(21)11(3)18-16-19-13-8-6-7-9-14(13)22-16/h6-12H,4-5H2,1-3H3,(H,18,19)(H,20,21)/b17-10-/t11-/m0/s1. The predicted molar refractivity (Wildman–Crippen MR) is 93.4 cm³/mol. The lowest BCUT2D eigenvalue weighted by molar-refractivity contribution is -0.121. The number of nitrogens with one attached hydrogen (secondary N) is 2. The van der Waals surface area contributed by atoms with Crippen LogP contribution in [0.3, 0.4) is 0 Å². The lowest BCUT2D eigenvalue weighted by Gasteiger charge is -2.11. The molecule has 0 aliphatic carbocycles. The molecular weight excluding hydrogens is 296 g/mol. The van der Waals surface area contributed by atoms with Gasteiger partial charge in [-0.25, -0.2) is 10.4 Å². The fraction of sp³-hybridized carbons (Fsp3) is 0.438. The molecule has 1 heterocycles. The Kier molecular flexibility index (Phi) is 5.89. The van der Waals surface area contributed by atoms with E-state index in [2.05, 4.69) is 34.7 Å². The van der Waals surface area contributed by atoms with Crippen LogP contribution in [-0.4, -0.2) is 23.1 Å². The highest BCUT2D eigenvalue weighted by atomic mass is 32.1. The summed E-state index contributed by atoms with van der Waals surface area (Å²) >= 11 is 1.54. The van der Waals surface area contributed by atoms with Gasteiger partial charge in [0, 0.05) is 6.21 Å². The Balaban J connectivity index is 1.90. The van der Waals surface area contributed by atoms with Gasteiger partial charge >= 0.3 is 0 Å². The van der Waals surface area contributed by atoms with E-state index in [0.717, 1.165) is 28.2 Å². The highest BCUT2D eigenvalue weighted by Gasteiger charge is 2.14. The Labute approximate surface area is 134 Å². The minimum Gasteiger partial charge on any atom is -0.350 e. The number of carbonyl (C=O) groups excluding carboxylic acids is 1. The fourth-order valence-corrected chi connectivity index (χ4v) is 2.94. The van der Waals surface area contributed by atoms with E-state index in [1.807, 2.05) is 30.5 Å². The molecule has 2 N–H and O–H groups in total. The van der Waals surface area contributed by atoms with Gasteiger partial charge < -0.3 is 5.32 Å². The second-order valence-electron chi connectivity index (χ2n) is 5.18. The number of rotatable bonds is 7. The molecule has 1 aromatic heterocycles. The zero-order valence-electron chi connectivity index (χ0n) is 13.2. The second-order valence-corrected chi connectivity index (χ2v) is 6.21. The molecule has 0 aliphatic rings. The van der Waals surface area contributed by atoms with Crippen LogP contribution in [0.2, 0.25) is 0 Å². The first-order valence-electron chi connectivity index (χ1n) is 7.59. The molecule has 118 valence electrons. The Bertz CT molecular complexity index is 615. The molecule has 0 fully saturated rings. The van der Waals surface area contributed by atoms with Crippen LogP contribution in [0.5, 0.6) is 0 Å². The van der Waals surface area contributed by atoms with E-state index in [-0.39, 0.29) is 11.9 Å². The number of fused-ring (bicyclic) bond motifs is 1. The number of thiazole rings is 1. The molecule has 1 amide bonds. The zero-order chi connectivity index (χ0) is 15.9. The third-order valence-corrected chi connectivity index (χ3v) is 4.50.